The highest BCUT2D eigenvalue weighted by Gasteiger charge is 2.23. The summed E-state index contributed by atoms with van der Waals surface area (Å²) >= 11 is 6.81. The van der Waals surface area contributed by atoms with Crippen molar-refractivity contribution in [3.8, 4) is 17.2 Å². The van der Waals surface area contributed by atoms with Crippen LogP contribution in [0.5, 0.6) is 17.2 Å². The number of nitrogens with one attached hydrogen (secondary N) is 1. The van der Waals surface area contributed by atoms with Gasteiger partial charge in [-0.25, -0.2) is 4.79 Å². The highest BCUT2D eigenvalue weighted by Crippen LogP contribution is 2.39. The van der Waals surface area contributed by atoms with Gasteiger partial charge >= 0.3 is 11.9 Å². The van der Waals surface area contributed by atoms with Crippen molar-refractivity contribution in [1.29, 1.82) is 0 Å². The van der Waals surface area contributed by atoms with E-state index in [1.54, 1.807) is 30.3 Å². The standard InChI is InChI=1S/C21H21Br2NO7/c1-10(2)13-8-12(3-4-17(13)25)31-20-14(22)5-11(6-15(20)23)7-18(26)24-16(21(29)30)9-19(27)28/h3-6,8,10,16,25H,7,9H2,1-2H3,(H,24,26)(H,27,28)(H,29,30)/t16-/m0/s1. The highest BCUT2D eigenvalue weighted by atomic mass is 79.9. The predicted molar refractivity (Wildman–Crippen MR) is 120 cm³/mol. The van der Waals surface area contributed by atoms with E-state index in [1.807, 2.05) is 13.8 Å². The van der Waals surface area contributed by atoms with Crippen LogP contribution in [0.1, 0.15) is 37.3 Å². The van der Waals surface area contributed by atoms with E-state index in [9.17, 15) is 19.5 Å². The van der Waals surface area contributed by atoms with Crippen LogP contribution in [0.2, 0.25) is 0 Å². The minimum atomic E-state index is -1.51. The zero-order valence-corrected chi connectivity index (χ0v) is 19.9. The molecular weight excluding hydrogens is 538 g/mol. The van der Waals surface area contributed by atoms with Gasteiger partial charge < -0.3 is 25.4 Å². The summed E-state index contributed by atoms with van der Waals surface area (Å²) in [6.07, 6.45) is -0.871. The van der Waals surface area contributed by atoms with Crippen molar-refractivity contribution in [3.05, 3.63) is 50.4 Å². The first-order chi connectivity index (χ1) is 14.5. The molecule has 0 spiro atoms. The number of hydrogen-bond acceptors (Lipinski definition) is 5. The Hall–Kier alpha value is -2.59. The van der Waals surface area contributed by atoms with Gasteiger partial charge in [0.05, 0.1) is 21.8 Å². The first kappa shape index (κ1) is 24.7. The summed E-state index contributed by atoms with van der Waals surface area (Å²) in [5.41, 5.74) is 1.30. The molecule has 0 saturated carbocycles. The number of aromatic hydroxyl groups is 1. The molecule has 1 amide bonds. The molecule has 0 aliphatic rings. The molecule has 0 radical (unpaired) electrons. The van der Waals surface area contributed by atoms with Crippen molar-refractivity contribution in [1.82, 2.24) is 5.32 Å². The van der Waals surface area contributed by atoms with Crippen molar-refractivity contribution in [2.24, 2.45) is 0 Å². The summed E-state index contributed by atoms with van der Waals surface area (Å²) in [4.78, 5) is 34.1. The number of phenols is 1. The molecule has 31 heavy (non-hydrogen) atoms. The summed E-state index contributed by atoms with van der Waals surface area (Å²) < 4.78 is 7.03. The number of halogens is 2. The second kappa shape index (κ2) is 10.6. The minimum Gasteiger partial charge on any atom is -0.508 e. The molecule has 4 N–H and O–H groups in total. The monoisotopic (exact) mass is 557 g/mol. The molecule has 0 aliphatic heterocycles. The molecule has 8 nitrogen and oxygen atoms in total. The lowest BCUT2D eigenvalue weighted by molar-refractivity contribution is -0.147. The number of benzene rings is 2. The third-order valence-electron chi connectivity index (χ3n) is 4.28. The van der Waals surface area contributed by atoms with Crippen LogP contribution in [-0.4, -0.2) is 39.2 Å². The molecule has 0 bridgehead atoms. The Kier molecular flexibility index (Phi) is 8.46. The van der Waals surface area contributed by atoms with E-state index >= 15 is 0 Å². The van der Waals surface area contributed by atoms with Gasteiger partial charge in [0.15, 0.2) is 5.75 Å². The number of ether oxygens (including phenoxy) is 1. The maximum Gasteiger partial charge on any atom is 0.326 e. The van der Waals surface area contributed by atoms with Crippen molar-refractivity contribution >= 4 is 49.7 Å². The Morgan fingerprint density at radius 1 is 1.06 bits per heavy atom. The zero-order valence-electron chi connectivity index (χ0n) is 16.7. The van der Waals surface area contributed by atoms with Crippen LogP contribution >= 0.6 is 31.9 Å². The summed E-state index contributed by atoms with van der Waals surface area (Å²) in [6, 6.07) is 6.72. The van der Waals surface area contributed by atoms with Crippen molar-refractivity contribution < 1.29 is 34.4 Å². The number of amides is 1. The quantitative estimate of drug-likeness (QED) is 0.358. The fraction of sp³-hybridized carbons (Fsp3) is 0.286. The average molecular weight is 559 g/mol. The molecule has 0 heterocycles. The number of aliphatic carboxylic acids is 2. The molecule has 166 valence electrons. The van der Waals surface area contributed by atoms with Crippen LogP contribution in [-0.2, 0) is 20.8 Å². The van der Waals surface area contributed by atoms with Crippen LogP contribution in [0, 0.1) is 0 Å². The lowest BCUT2D eigenvalue weighted by Crippen LogP contribution is -2.42. The number of rotatable bonds is 9. The topological polar surface area (TPSA) is 133 Å². The third-order valence-corrected chi connectivity index (χ3v) is 5.45. The SMILES string of the molecule is CC(C)c1cc(Oc2c(Br)cc(CC(=O)N[C@@H](CC(=O)O)C(=O)O)cc2Br)ccc1O. The highest BCUT2D eigenvalue weighted by molar-refractivity contribution is 9.11. The normalized spacial score (nSPS) is 11.8. The number of phenolic OH excluding ortho intramolecular Hbond substituents is 1. The van der Waals surface area contributed by atoms with Gasteiger partial charge in [-0.1, -0.05) is 13.8 Å². The summed E-state index contributed by atoms with van der Waals surface area (Å²) in [7, 11) is 0. The van der Waals surface area contributed by atoms with Crippen LogP contribution < -0.4 is 10.1 Å². The first-order valence-corrected chi connectivity index (χ1v) is 10.8. The molecule has 0 saturated heterocycles. The Morgan fingerprint density at radius 2 is 1.68 bits per heavy atom. The van der Waals surface area contributed by atoms with Gasteiger partial charge in [-0.05, 0) is 73.7 Å². The molecule has 2 rings (SSSR count). The second-order valence-electron chi connectivity index (χ2n) is 7.10. The minimum absolute atomic E-state index is 0.104. The average Bonchev–Trinajstić information content (AvgIpc) is 2.64. The Morgan fingerprint density at radius 3 is 2.19 bits per heavy atom. The van der Waals surface area contributed by atoms with E-state index in [0.717, 1.165) is 5.56 Å². The van der Waals surface area contributed by atoms with Gasteiger partial charge in [-0.2, -0.15) is 0 Å². The van der Waals surface area contributed by atoms with E-state index < -0.39 is 30.3 Å². The third kappa shape index (κ3) is 6.96. The van der Waals surface area contributed by atoms with Gasteiger partial charge in [0, 0.05) is 5.56 Å². The van der Waals surface area contributed by atoms with Crippen LogP contribution in [0.15, 0.2) is 39.3 Å². The molecule has 0 aliphatic carbocycles. The fourth-order valence-electron chi connectivity index (χ4n) is 2.79. The van der Waals surface area contributed by atoms with E-state index in [4.69, 9.17) is 14.9 Å². The van der Waals surface area contributed by atoms with E-state index in [0.29, 0.717) is 26.0 Å². The van der Waals surface area contributed by atoms with Crippen molar-refractivity contribution in [2.45, 2.75) is 38.6 Å². The second-order valence-corrected chi connectivity index (χ2v) is 8.81. The van der Waals surface area contributed by atoms with Gasteiger partial charge in [-0.3, -0.25) is 9.59 Å². The number of carbonyl (C=O) groups is 3. The molecule has 10 heteroatoms. The fourth-order valence-corrected chi connectivity index (χ4v) is 4.24. The van der Waals surface area contributed by atoms with Gasteiger partial charge in [0.2, 0.25) is 5.91 Å². The van der Waals surface area contributed by atoms with Crippen molar-refractivity contribution in [3.63, 3.8) is 0 Å². The van der Waals surface area contributed by atoms with Crippen LogP contribution in [0.25, 0.3) is 0 Å². The molecular formula is C21H21Br2NO7. The summed E-state index contributed by atoms with van der Waals surface area (Å²) in [5.74, 6) is -2.10. The van der Waals surface area contributed by atoms with Gasteiger partial charge in [-0.15, -0.1) is 0 Å². The molecule has 2 aromatic carbocycles. The largest absolute Gasteiger partial charge is 0.508 e. The summed E-state index contributed by atoms with van der Waals surface area (Å²) in [6.45, 7) is 3.91. The number of carbonyl (C=O) groups excluding carboxylic acids is 1. The number of hydrogen-bond donors (Lipinski definition) is 4. The zero-order chi connectivity index (χ0) is 23.3. The van der Waals surface area contributed by atoms with E-state index in [1.165, 1.54) is 0 Å². The lowest BCUT2D eigenvalue weighted by atomic mass is 10.0. The lowest BCUT2D eigenvalue weighted by Gasteiger charge is -2.15. The predicted octanol–water partition coefficient (Wildman–Crippen LogP) is 4.42. The molecule has 2 aromatic rings. The molecule has 1 atom stereocenters. The Balaban J connectivity index is 2.17. The first-order valence-electron chi connectivity index (χ1n) is 9.20. The molecule has 0 unspecified atom stereocenters. The molecule has 0 fully saturated rings. The smallest absolute Gasteiger partial charge is 0.326 e. The van der Waals surface area contributed by atoms with E-state index in [2.05, 4.69) is 37.2 Å². The van der Waals surface area contributed by atoms with Crippen LogP contribution in [0.3, 0.4) is 0 Å². The maximum absolute atomic E-state index is 12.2. The van der Waals surface area contributed by atoms with Crippen molar-refractivity contribution in [2.75, 3.05) is 0 Å². The van der Waals surface area contributed by atoms with Gasteiger partial charge in [0.25, 0.3) is 0 Å². The maximum atomic E-state index is 12.2. The number of carboxylic acids is 2. The van der Waals surface area contributed by atoms with E-state index in [-0.39, 0.29) is 18.1 Å². The van der Waals surface area contributed by atoms with Gasteiger partial charge in [0.1, 0.15) is 17.5 Å². The number of carboxylic acid groups (broad SMARTS) is 2. The molecule has 0 aromatic heterocycles. The summed E-state index contributed by atoms with van der Waals surface area (Å²) in [5, 5.41) is 30.0. The van der Waals surface area contributed by atoms with Crippen LogP contribution in [0.4, 0.5) is 0 Å². The Bertz CT molecular complexity index is 984. The Labute approximate surface area is 195 Å².